The summed E-state index contributed by atoms with van der Waals surface area (Å²) in [6, 6.07) is 16.4. The summed E-state index contributed by atoms with van der Waals surface area (Å²) >= 11 is 0. The Labute approximate surface area is 260 Å². The maximum Gasteiger partial charge on any atom is 0.408 e. The smallest absolute Gasteiger partial charge is 0.408 e. The van der Waals surface area contributed by atoms with Crippen molar-refractivity contribution in [2.75, 3.05) is 20.8 Å². The maximum absolute atomic E-state index is 14.4. The minimum absolute atomic E-state index is 0.144. The topological polar surface area (TPSA) is 94.2 Å². The summed E-state index contributed by atoms with van der Waals surface area (Å²) in [5, 5.41) is 2.95. The molecule has 4 aliphatic carbocycles. The first kappa shape index (κ1) is 30.6. The summed E-state index contributed by atoms with van der Waals surface area (Å²) < 4.78 is 17.5. The number of benzene rings is 2. The molecule has 2 aromatic rings. The van der Waals surface area contributed by atoms with Crippen molar-refractivity contribution in [1.29, 1.82) is 0 Å². The Morgan fingerprint density at radius 3 is 1.93 bits per heavy atom. The molecule has 2 amide bonds. The zero-order valence-electron chi connectivity index (χ0n) is 26.6. The lowest BCUT2D eigenvalue weighted by Gasteiger charge is -2.55. The van der Waals surface area contributed by atoms with E-state index in [1.807, 2.05) is 63.2 Å². The SMILES string of the molecule is COC(=O)[C@@H]1C[C@@](OC)(c2ccc(-c3ccccc3)cc2)CN1C(=O)[C@@H](NC(=O)OC12CC3CC(CC(C3)C1)C2)C(C)(C)C. The second kappa shape index (κ2) is 11.5. The van der Waals surface area contributed by atoms with E-state index < -0.39 is 40.8 Å². The predicted octanol–water partition coefficient (Wildman–Crippen LogP) is 6.08. The summed E-state index contributed by atoms with van der Waals surface area (Å²) in [6.45, 7) is 5.88. The van der Waals surface area contributed by atoms with Crippen LogP contribution < -0.4 is 5.32 Å². The third-order valence-corrected chi connectivity index (χ3v) is 10.7. The van der Waals surface area contributed by atoms with Gasteiger partial charge in [0.05, 0.1) is 13.7 Å². The van der Waals surface area contributed by atoms with Crippen molar-refractivity contribution in [2.24, 2.45) is 23.2 Å². The Bertz CT molecular complexity index is 1350. The molecule has 0 spiro atoms. The molecule has 3 atom stereocenters. The van der Waals surface area contributed by atoms with E-state index in [9.17, 15) is 14.4 Å². The van der Waals surface area contributed by atoms with E-state index in [1.54, 1.807) is 7.11 Å². The highest BCUT2D eigenvalue weighted by molar-refractivity contribution is 5.91. The van der Waals surface area contributed by atoms with Crippen molar-refractivity contribution >= 4 is 18.0 Å². The minimum atomic E-state index is -0.925. The van der Waals surface area contributed by atoms with Crippen LogP contribution in [-0.4, -0.2) is 61.3 Å². The van der Waals surface area contributed by atoms with Crippen LogP contribution in [0.1, 0.15) is 71.3 Å². The van der Waals surface area contributed by atoms with Crippen LogP contribution in [0.2, 0.25) is 0 Å². The number of ether oxygens (including phenoxy) is 3. The van der Waals surface area contributed by atoms with E-state index in [2.05, 4.69) is 17.4 Å². The van der Waals surface area contributed by atoms with Crippen LogP contribution in [0.15, 0.2) is 54.6 Å². The summed E-state index contributed by atoms with van der Waals surface area (Å²) in [6.07, 6.45) is 6.16. The average Bonchev–Trinajstić information content (AvgIpc) is 3.40. The number of rotatable bonds is 7. The molecular weight excluding hydrogens is 556 g/mol. The highest BCUT2D eigenvalue weighted by atomic mass is 16.6. The molecule has 5 fully saturated rings. The summed E-state index contributed by atoms with van der Waals surface area (Å²) in [4.78, 5) is 42.6. The molecule has 1 aliphatic heterocycles. The van der Waals surface area contributed by atoms with Crippen LogP contribution in [0.25, 0.3) is 11.1 Å². The number of esters is 1. The molecule has 0 radical (unpaired) electrons. The van der Waals surface area contributed by atoms with E-state index in [0.29, 0.717) is 17.8 Å². The molecule has 44 heavy (non-hydrogen) atoms. The lowest BCUT2D eigenvalue weighted by Crippen LogP contribution is -2.59. The molecule has 1 N–H and O–H groups in total. The first-order valence-corrected chi connectivity index (χ1v) is 16.0. The van der Waals surface area contributed by atoms with E-state index >= 15 is 0 Å². The van der Waals surface area contributed by atoms with Gasteiger partial charge in [0, 0.05) is 13.5 Å². The normalized spacial score (nSPS) is 31.4. The average molecular weight is 603 g/mol. The van der Waals surface area contributed by atoms with Gasteiger partial charge < -0.3 is 24.4 Å². The standard InChI is InChI=1S/C36H46N2O6/c1-34(2,3)30(37-33(41)44-35-18-23-15-24(19-35)17-25(16-23)20-35)31(39)38-22-36(43-5,21-29(38)32(40)42-4)28-13-11-27(12-14-28)26-9-7-6-8-10-26/h6-14,23-25,29-30H,15-22H2,1-5H3,(H,37,41)/t23?,24?,25?,29-,30+,35?,36-/m0/s1. The van der Waals surface area contributed by atoms with Crippen LogP contribution in [0.4, 0.5) is 4.79 Å². The number of alkyl carbamates (subject to hydrolysis) is 1. The Morgan fingerprint density at radius 1 is 0.841 bits per heavy atom. The number of hydrogen-bond donors (Lipinski definition) is 1. The molecule has 4 bridgehead atoms. The van der Waals surface area contributed by atoms with Crippen LogP contribution in [0.3, 0.4) is 0 Å². The molecule has 236 valence electrons. The van der Waals surface area contributed by atoms with Gasteiger partial charge in [0.2, 0.25) is 5.91 Å². The minimum Gasteiger partial charge on any atom is -0.467 e. The molecule has 1 saturated heterocycles. The number of nitrogens with zero attached hydrogens (tertiary/aromatic N) is 1. The van der Waals surface area contributed by atoms with Crippen LogP contribution >= 0.6 is 0 Å². The van der Waals surface area contributed by atoms with E-state index in [-0.39, 0.29) is 18.9 Å². The second-order valence-electron chi connectivity index (χ2n) is 14.8. The fourth-order valence-corrected chi connectivity index (χ4v) is 8.84. The molecule has 8 heteroatoms. The zero-order valence-corrected chi connectivity index (χ0v) is 26.6. The highest BCUT2D eigenvalue weighted by Gasteiger charge is 2.55. The number of carbonyl (C=O) groups is 3. The first-order valence-electron chi connectivity index (χ1n) is 16.0. The fraction of sp³-hybridized carbons (Fsp3) is 0.583. The number of carbonyl (C=O) groups excluding carboxylic acids is 3. The number of nitrogens with one attached hydrogen (secondary N) is 1. The Morgan fingerprint density at radius 2 is 1.41 bits per heavy atom. The van der Waals surface area contributed by atoms with Gasteiger partial charge in [-0.3, -0.25) is 4.79 Å². The van der Waals surface area contributed by atoms with E-state index in [4.69, 9.17) is 14.2 Å². The van der Waals surface area contributed by atoms with Crippen molar-refractivity contribution < 1.29 is 28.6 Å². The summed E-state index contributed by atoms with van der Waals surface area (Å²) in [5.41, 5.74) is 1.03. The molecule has 7 rings (SSSR count). The first-order chi connectivity index (χ1) is 20.9. The largest absolute Gasteiger partial charge is 0.467 e. The van der Waals surface area contributed by atoms with Gasteiger partial charge >= 0.3 is 12.1 Å². The van der Waals surface area contributed by atoms with Gasteiger partial charge in [0.15, 0.2) is 0 Å². The monoisotopic (exact) mass is 602 g/mol. The van der Waals surface area contributed by atoms with Gasteiger partial charge in [0.25, 0.3) is 0 Å². The summed E-state index contributed by atoms with van der Waals surface area (Å²) in [7, 11) is 2.94. The molecule has 1 heterocycles. The van der Waals surface area contributed by atoms with Gasteiger partial charge in [-0.1, -0.05) is 75.4 Å². The van der Waals surface area contributed by atoms with Crippen molar-refractivity contribution in [3.8, 4) is 11.1 Å². The van der Waals surface area contributed by atoms with Crippen LogP contribution in [-0.2, 0) is 29.4 Å². The van der Waals surface area contributed by atoms with Crippen molar-refractivity contribution in [3.63, 3.8) is 0 Å². The molecule has 5 aliphatic rings. The number of amides is 2. The van der Waals surface area contributed by atoms with Crippen LogP contribution in [0, 0.1) is 23.2 Å². The van der Waals surface area contributed by atoms with E-state index in [0.717, 1.165) is 36.0 Å². The highest BCUT2D eigenvalue weighted by Crippen LogP contribution is 2.57. The lowest BCUT2D eigenvalue weighted by molar-refractivity contribution is -0.153. The predicted molar refractivity (Wildman–Crippen MR) is 166 cm³/mol. The molecule has 0 aromatic heterocycles. The van der Waals surface area contributed by atoms with Gasteiger partial charge in [-0.15, -0.1) is 0 Å². The number of methoxy groups -OCH3 is 2. The molecule has 2 aromatic carbocycles. The van der Waals surface area contributed by atoms with E-state index in [1.165, 1.54) is 31.3 Å². The maximum atomic E-state index is 14.4. The van der Waals surface area contributed by atoms with Crippen molar-refractivity contribution in [1.82, 2.24) is 10.2 Å². The van der Waals surface area contributed by atoms with Gasteiger partial charge in [0.1, 0.15) is 23.3 Å². The Hall–Kier alpha value is -3.39. The van der Waals surface area contributed by atoms with Crippen LogP contribution in [0.5, 0.6) is 0 Å². The molecule has 4 saturated carbocycles. The van der Waals surface area contributed by atoms with Gasteiger partial charge in [-0.25, -0.2) is 9.59 Å². The fourth-order valence-electron chi connectivity index (χ4n) is 8.84. The summed E-state index contributed by atoms with van der Waals surface area (Å²) in [5.74, 6) is 1.02. The number of likely N-dealkylation sites (tertiary alicyclic amines) is 1. The Kier molecular flexibility index (Phi) is 8.02. The third-order valence-electron chi connectivity index (χ3n) is 10.7. The van der Waals surface area contributed by atoms with Gasteiger partial charge in [-0.05, 0) is 78.4 Å². The quantitative estimate of drug-likeness (QED) is 0.386. The second-order valence-corrected chi connectivity index (χ2v) is 14.8. The Balaban J connectivity index is 1.23. The zero-order chi connectivity index (χ0) is 31.3. The third kappa shape index (κ3) is 5.73. The van der Waals surface area contributed by atoms with Crippen molar-refractivity contribution in [2.45, 2.75) is 89.0 Å². The molecular formula is C36H46N2O6. The number of hydrogen-bond acceptors (Lipinski definition) is 6. The lowest BCUT2D eigenvalue weighted by atomic mass is 9.54. The van der Waals surface area contributed by atoms with Crippen molar-refractivity contribution in [3.05, 3.63) is 60.2 Å². The molecule has 0 unspecified atom stereocenters. The van der Waals surface area contributed by atoms with Gasteiger partial charge in [-0.2, -0.15) is 0 Å². The molecule has 8 nitrogen and oxygen atoms in total.